The monoisotopic (exact) mass is 445 g/mol. The molecule has 0 bridgehead atoms. The zero-order valence-corrected chi connectivity index (χ0v) is 17.5. The summed E-state index contributed by atoms with van der Waals surface area (Å²) in [5.41, 5.74) is 5.81. The number of hydrogen-bond donors (Lipinski definition) is 3. The maximum absolute atomic E-state index is 13.8. The maximum atomic E-state index is 13.8. The first kappa shape index (κ1) is 22.0. The number of para-hydroxylation sites is 1. The smallest absolute Gasteiger partial charge is 0.269 e. The number of halogens is 1. The lowest BCUT2D eigenvalue weighted by Crippen LogP contribution is -2.43. The van der Waals surface area contributed by atoms with Crippen molar-refractivity contribution in [3.63, 3.8) is 0 Å². The molecule has 3 N–H and O–H groups in total. The molecular weight excluding hydrogens is 425 g/mol. The number of carbonyl (C=O) groups is 2. The van der Waals surface area contributed by atoms with Crippen LogP contribution in [0.5, 0.6) is 0 Å². The second-order valence-electron chi connectivity index (χ2n) is 6.70. The van der Waals surface area contributed by atoms with Gasteiger partial charge < -0.3 is 0 Å². The molecule has 1 heterocycles. The van der Waals surface area contributed by atoms with Crippen LogP contribution in [0, 0.1) is 19.7 Å². The minimum atomic E-state index is -4.14. The lowest BCUT2D eigenvalue weighted by Gasteiger charge is -2.11. The molecule has 0 aliphatic rings. The van der Waals surface area contributed by atoms with Crippen LogP contribution < -0.4 is 15.6 Å². The van der Waals surface area contributed by atoms with Crippen molar-refractivity contribution in [1.82, 2.24) is 20.6 Å². The van der Waals surface area contributed by atoms with E-state index in [9.17, 15) is 22.4 Å². The first-order valence-corrected chi connectivity index (χ1v) is 10.6. The van der Waals surface area contributed by atoms with Crippen molar-refractivity contribution in [3.05, 3.63) is 77.4 Å². The van der Waals surface area contributed by atoms with Gasteiger partial charge in [0.15, 0.2) is 0 Å². The molecule has 3 rings (SSSR count). The van der Waals surface area contributed by atoms with Crippen LogP contribution in [-0.4, -0.2) is 30.0 Å². The van der Waals surface area contributed by atoms with Crippen LogP contribution in [0.25, 0.3) is 0 Å². The van der Waals surface area contributed by atoms with Crippen LogP contribution in [0.4, 0.5) is 10.1 Å². The largest absolute Gasteiger partial charge is 0.277 e. The topological polar surface area (TPSA) is 122 Å². The Bertz CT molecular complexity index is 1240. The fourth-order valence-electron chi connectivity index (χ4n) is 2.76. The number of nitrogens with one attached hydrogen (secondary N) is 3. The summed E-state index contributed by atoms with van der Waals surface area (Å²) in [7, 11) is -4.14. The summed E-state index contributed by atoms with van der Waals surface area (Å²) >= 11 is 0. The van der Waals surface area contributed by atoms with Gasteiger partial charge >= 0.3 is 0 Å². The molecule has 1 aromatic heterocycles. The zero-order valence-electron chi connectivity index (χ0n) is 16.7. The van der Waals surface area contributed by atoms with Gasteiger partial charge in [-0.1, -0.05) is 18.2 Å². The Balaban J connectivity index is 1.66. The molecule has 11 heteroatoms. The van der Waals surface area contributed by atoms with E-state index in [-0.39, 0.29) is 22.7 Å². The zero-order chi connectivity index (χ0) is 22.6. The van der Waals surface area contributed by atoms with Gasteiger partial charge in [-0.25, -0.2) is 12.8 Å². The molecule has 0 saturated carbocycles. The Morgan fingerprint density at radius 1 is 1.03 bits per heavy atom. The maximum Gasteiger partial charge on any atom is 0.269 e. The van der Waals surface area contributed by atoms with Gasteiger partial charge in [0.25, 0.3) is 21.8 Å². The fraction of sp³-hybridized carbons (Fsp3) is 0.150. The van der Waals surface area contributed by atoms with Crippen molar-refractivity contribution in [2.45, 2.75) is 25.3 Å². The van der Waals surface area contributed by atoms with Crippen molar-refractivity contribution in [2.24, 2.45) is 0 Å². The number of nitrogens with zero attached hydrogens (tertiary/aromatic N) is 2. The minimum Gasteiger partial charge on any atom is -0.277 e. The number of aryl methyl sites for hydroxylation is 2. The van der Waals surface area contributed by atoms with Crippen LogP contribution >= 0.6 is 0 Å². The lowest BCUT2D eigenvalue weighted by molar-refractivity contribution is -0.122. The number of aromatic nitrogens is 2. The van der Waals surface area contributed by atoms with E-state index in [1.54, 1.807) is 13.8 Å². The average Bonchev–Trinajstić information content (AvgIpc) is 3.04. The highest BCUT2D eigenvalue weighted by Gasteiger charge is 2.18. The molecule has 0 atom stereocenters. The number of rotatable bonds is 6. The third-order valence-electron chi connectivity index (χ3n) is 4.24. The molecular formula is C20H20FN5O4S. The van der Waals surface area contributed by atoms with Gasteiger partial charge in [0.1, 0.15) is 12.4 Å². The Morgan fingerprint density at radius 3 is 2.45 bits per heavy atom. The van der Waals surface area contributed by atoms with Gasteiger partial charge in [-0.15, -0.1) is 0 Å². The summed E-state index contributed by atoms with van der Waals surface area (Å²) in [5, 5.41) is 4.16. The standard InChI is InChI=1S/C20H20FN5O4S/c1-13-10-14(2)26(24-13)12-19(27)22-23-20(28)15-6-5-7-16(11-15)31(29,30)25-18-9-4-3-8-17(18)21/h3-11,25H,12H2,1-2H3,(H,22,27)(H,23,28). The third-order valence-corrected chi connectivity index (χ3v) is 5.60. The van der Waals surface area contributed by atoms with Gasteiger partial charge in [0.05, 0.1) is 16.3 Å². The summed E-state index contributed by atoms with van der Waals surface area (Å²) in [4.78, 5) is 24.1. The molecule has 3 aromatic rings. The van der Waals surface area contributed by atoms with E-state index in [4.69, 9.17) is 0 Å². The fourth-order valence-corrected chi connectivity index (χ4v) is 3.87. The number of sulfonamides is 1. The molecule has 31 heavy (non-hydrogen) atoms. The predicted molar refractivity (Wildman–Crippen MR) is 111 cm³/mol. The van der Waals surface area contributed by atoms with Gasteiger partial charge in [0.2, 0.25) is 0 Å². The van der Waals surface area contributed by atoms with E-state index in [2.05, 4.69) is 20.7 Å². The van der Waals surface area contributed by atoms with E-state index < -0.39 is 27.7 Å². The average molecular weight is 445 g/mol. The summed E-state index contributed by atoms with van der Waals surface area (Å²) in [6.07, 6.45) is 0. The third kappa shape index (κ3) is 5.45. The highest BCUT2D eigenvalue weighted by Crippen LogP contribution is 2.19. The molecule has 0 aliphatic heterocycles. The molecule has 162 valence electrons. The van der Waals surface area contributed by atoms with E-state index >= 15 is 0 Å². The van der Waals surface area contributed by atoms with Crippen molar-refractivity contribution in [1.29, 1.82) is 0 Å². The summed E-state index contributed by atoms with van der Waals surface area (Å²) in [5.74, 6) is -1.96. The van der Waals surface area contributed by atoms with Crippen molar-refractivity contribution < 1.29 is 22.4 Å². The molecule has 2 amide bonds. The van der Waals surface area contributed by atoms with Crippen molar-refractivity contribution in [3.8, 4) is 0 Å². The van der Waals surface area contributed by atoms with Crippen molar-refractivity contribution in [2.75, 3.05) is 4.72 Å². The quantitative estimate of drug-likeness (QED) is 0.500. The number of anilines is 1. The summed E-state index contributed by atoms with van der Waals surface area (Å²) in [6.45, 7) is 3.50. The minimum absolute atomic E-state index is 0.0113. The molecule has 0 saturated heterocycles. The summed E-state index contributed by atoms with van der Waals surface area (Å²) < 4.78 is 42.5. The molecule has 0 unspecified atom stereocenters. The first-order chi connectivity index (χ1) is 14.7. The van der Waals surface area contributed by atoms with Gasteiger partial charge in [-0.3, -0.25) is 29.8 Å². The normalized spacial score (nSPS) is 11.1. The number of carbonyl (C=O) groups excluding carboxylic acids is 2. The van der Waals surface area contributed by atoms with Crippen LogP contribution in [-0.2, 0) is 21.4 Å². The van der Waals surface area contributed by atoms with Crippen LogP contribution in [0.1, 0.15) is 21.7 Å². The molecule has 0 fully saturated rings. The second kappa shape index (κ2) is 8.96. The molecule has 0 radical (unpaired) electrons. The summed E-state index contributed by atoms with van der Waals surface area (Å²) in [6, 6.07) is 12.3. The lowest BCUT2D eigenvalue weighted by atomic mass is 10.2. The van der Waals surface area contributed by atoms with Gasteiger partial charge in [0, 0.05) is 11.3 Å². The Labute approximate surface area is 178 Å². The number of benzene rings is 2. The van der Waals surface area contributed by atoms with Gasteiger partial charge in [-0.2, -0.15) is 5.10 Å². The highest BCUT2D eigenvalue weighted by molar-refractivity contribution is 7.92. The Morgan fingerprint density at radius 2 is 1.77 bits per heavy atom. The van der Waals surface area contributed by atoms with E-state index in [0.29, 0.717) is 0 Å². The van der Waals surface area contributed by atoms with Crippen LogP contribution in [0.2, 0.25) is 0 Å². The first-order valence-electron chi connectivity index (χ1n) is 9.13. The SMILES string of the molecule is Cc1cc(C)n(CC(=O)NNC(=O)c2cccc(S(=O)(=O)Nc3ccccc3F)c2)n1. The predicted octanol–water partition coefficient (Wildman–Crippen LogP) is 1.90. The van der Waals surface area contributed by atoms with Crippen LogP contribution in [0.3, 0.4) is 0 Å². The number of amides is 2. The molecule has 9 nitrogen and oxygen atoms in total. The molecule has 2 aromatic carbocycles. The Kier molecular flexibility index (Phi) is 6.35. The van der Waals surface area contributed by atoms with E-state index in [0.717, 1.165) is 23.5 Å². The van der Waals surface area contributed by atoms with Crippen LogP contribution in [0.15, 0.2) is 59.5 Å². The Hall–Kier alpha value is -3.73. The van der Waals surface area contributed by atoms with Crippen molar-refractivity contribution >= 4 is 27.5 Å². The van der Waals surface area contributed by atoms with Gasteiger partial charge in [-0.05, 0) is 50.2 Å². The van der Waals surface area contributed by atoms with E-state index in [1.807, 2.05) is 6.07 Å². The second-order valence-corrected chi connectivity index (χ2v) is 8.38. The number of hydrogen-bond acceptors (Lipinski definition) is 5. The highest BCUT2D eigenvalue weighted by atomic mass is 32.2. The molecule has 0 spiro atoms. The molecule has 0 aliphatic carbocycles. The number of hydrazine groups is 1. The van der Waals surface area contributed by atoms with E-state index in [1.165, 1.54) is 41.1 Å².